The Morgan fingerprint density at radius 2 is 2.47 bits per heavy atom. The van der Waals surface area contributed by atoms with Crippen LogP contribution >= 0.6 is 0 Å². The van der Waals surface area contributed by atoms with Crippen LogP contribution in [-0.4, -0.2) is 41.5 Å². The Morgan fingerprint density at radius 1 is 1.65 bits per heavy atom. The summed E-state index contributed by atoms with van der Waals surface area (Å²) in [7, 11) is 0. The molecule has 92 valence electrons. The molecule has 2 rings (SSSR count). The van der Waals surface area contributed by atoms with Crippen molar-refractivity contribution in [2.75, 3.05) is 19.6 Å². The Balaban J connectivity index is 1.99. The molecule has 1 aromatic heterocycles. The number of nitrogens with zero attached hydrogens (tertiary/aromatic N) is 2. The average Bonchev–Trinajstić information content (AvgIpc) is 2.32. The second-order valence-electron chi connectivity index (χ2n) is 4.64. The van der Waals surface area contributed by atoms with Gasteiger partial charge < -0.3 is 10.2 Å². The Bertz CT molecular complexity index is 405. The maximum absolute atomic E-state index is 12.1. The van der Waals surface area contributed by atoms with Crippen molar-refractivity contribution < 1.29 is 4.79 Å². The maximum Gasteiger partial charge on any atom is 0.228 e. The Kier molecular flexibility index (Phi) is 3.74. The molecule has 0 bridgehead atoms. The molecule has 0 unspecified atom stereocenters. The van der Waals surface area contributed by atoms with Crippen molar-refractivity contribution in [3.63, 3.8) is 0 Å². The second-order valence-corrected chi connectivity index (χ2v) is 4.64. The summed E-state index contributed by atoms with van der Waals surface area (Å²) in [6.45, 7) is 6.58. The first kappa shape index (κ1) is 12.0. The minimum Gasteiger partial charge on any atom is -0.340 e. The van der Waals surface area contributed by atoms with Gasteiger partial charge in [-0.25, -0.2) is 0 Å². The van der Waals surface area contributed by atoms with Crippen molar-refractivity contribution >= 4 is 5.91 Å². The van der Waals surface area contributed by atoms with Crippen LogP contribution in [0.5, 0.6) is 0 Å². The molecule has 1 aliphatic rings. The minimum absolute atomic E-state index is 0.181. The van der Waals surface area contributed by atoms with E-state index < -0.39 is 0 Å². The summed E-state index contributed by atoms with van der Waals surface area (Å²) in [4.78, 5) is 18.3. The van der Waals surface area contributed by atoms with Crippen molar-refractivity contribution in [1.82, 2.24) is 15.2 Å². The number of carbonyl (C=O) groups excluding carboxylic acids is 1. The smallest absolute Gasteiger partial charge is 0.228 e. The van der Waals surface area contributed by atoms with Crippen LogP contribution in [0.2, 0.25) is 0 Å². The molecule has 1 aromatic rings. The molecule has 1 saturated heterocycles. The van der Waals surface area contributed by atoms with Crippen LogP contribution in [-0.2, 0) is 11.2 Å². The summed E-state index contributed by atoms with van der Waals surface area (Å²) < 4.78 is 0. The van der Waals surface area contributed by atoms with Crippen molar-refractivity contribution in [1.29, 1.82) is 0 Å². The summed E-state index contributed by atoms with van der Waals surface area (Å²) >= 11 is 0. The number of aromatic nitrogens is 1. The lowest BCUT2D eigenvalue weighted by Gasteiger charge is -2.32. The quantitative estimate of drug-likeness (QED) is 0.820. The number of rotatable bonds is 2. The van der Waals surface area contributed by atoms with Crippen LogP contribution in [0.15, 0.2) is 18.3 Å². The van der Waals surface area contributed by atoms with Crippen LogP contribution in [0.1, 0.15) is 18.2 Å². The van der Waals surface area contributed by atoms with E-state index in [4.69, 9.17) is 0 Å². The van der Waals surface area contributed by atoms with Gasteiger partial charge in [-0.05, 0) is 25.5 Å². The molecule has 1 N–H and O–H groups in total. The van der Waals surface area contributed by atoms with Crippen molar-refractivity contribution in [3.8, 4) is 0 Å². The van der Waals surface area contributed by atoms with E-state index in [2.05, 4.69) is 17.2 Å². The fraction of sp³-hybridized carbons (Fsp3) is 0.538. The zero-order valence-electron chi connectivity index (χ0n) is 10.4. The summed E-state index contributed by atoms with van der Waals surface area (Å²) in [6, 6.07) is 4.28. The SMILES string of the molecule is Cc1cccnc1CC(=O)N1CCN[C@@H](C)C1. The van der Waals surface area contributed by atoms with Gasteiger partial charge in [0.15, 0.2) is 0 Å². The van der Waals surface area contributed by atoms with Gasteiger partial charge in [0.05, 0.1) is 12.1 Å². The molecule has 1 fully saturated rings. The van der Waals surface area contributed by atoms with Gasteiger partial charge in [-0.1, -0.05) is 6.07 Å². The summed E-state index contributed by atoms with van der Waals surface area (Å²) in [5, 5.41) is 3.33. The number of hydrogen-bond acceptors (Lipinski definition) is 3. The number of hydrogen-bond donors (Lipinski definition) is 1. The van der Waals surface area contributed by atoms with Gasteiger partial charge in [0, 0.05) is 31.9 Å². The van der Waals surface area contributed by atoms with E-state index in [-0.39, 0.29) is 5.91 Å². The van der Waals surface area contributed by atoms with Crippen LogP contribution in [0, 0.1) is 6.92 Å². The normalized spacial score (nSPS) is 20.4. The van der Waals surface area contributed by atoms with Gasteiger partial charge >= 0.3 is 0 Å². The zero-order chi connectivity index (χ0) is 12.3. The first-order valence-electron chi connectivity index (χ1n) is 6.08. The molecular formula is C13H19N3O. The molecule has 1 aliphatic heterocycles. The highest BCUT2D eigenvalue weighted by molar-refractivity contribution is 5.78. The van der Waals surface area contributed by atoms with E-state index in [9.17, 15) is 4.79 Å². The third-order valence-corrected chi connectivity index (χ3v) is 3.16. The molecule has 4 nitrogen and oxygen atoms in total. The van der Waals surface area contributed by atoms with Crippen LogP contribution in [0.25, 0.3) is 0 Å². The Hall–Kier alpha value is -1.42. The van der Waals surface area contributed by atoms with Crippen molar-refractivity contribution in [2.24, 2.45) is 0 Å². The largest absolute Gasteiger partial charge is 0.340 e. The highest BCUT2D eigenvalue weighted by Crippen LogP contribution is 2.07. The highest BCUT2D eigenvalue weighted by Gasteiger charge is 2.21. The molecule has 1 atom stereocenters. The highest BCUT2D eigenvalue weighted by atomic mass is 16.2. The number of piperazine rings is 1. The van der Waals surface area contributed by atoms with Gasteiger partial charge in [-0.3, -0.25) is 9.78 Å². The van der Waals surface area contributed by atoms with E-state index in [0.29, 0.717) is 12.5 Å². The third kappa shape index (κ3) is 3.03. The van der Waals surface area contributed by atoms with E-state index in [0.717, 1.165) is 30.9 Å². The van der Waals surface area contributed by atoms with Gasteiger partial charge in [0.2, 0.25) is 5.91 Å². The molecular weight excluding hydrogens is 214 g/mol. The summed E-state index contributed by atoms with van der Waals surface area (Å²) in [5.41, 5.74) is 1.98. The van der Waals surface area contributed by atoms with Gasteiger partial charge in [0.25, 0.3) is 0 Å². The zero-order valence-corrected chi connectivity index (χ0v) is 10.4. The standard InChI is InChI=1S/C13H19N3O/c1-10-4-3-5-15-12(10)8-13(17)16-7-6-14-11(2)9-16/h3-5,11,14H,6-9H2,1-2H3/t11-/m0/s1. The molecule has 0 aliphatic carbocycles. The van der Waals surface area contributed by atoms with E-state index >= 15 is 0 Å². The van der Waals surface area contributed by atoms with Crippen molar-refractivity contribution in [3.05, 3.63) is 29.6 Å². The number of amides is 1. The first-order chi connectivity index (χ1) is 8.16. The first-order valence-corrected chi connectivity index (χ1v) is 6.08. The molecule has 0 saturated carbocycles. The molecule has 17 heavy (non-hydrogen) atoms. The number of carbonyl (C=O) groups is 1. The maximum atomic E-state index is 12.1. The molecule has 1 amide bonds. The molecule has 4 heteroatoms. The predicted octanol–water partition coefficient (Wildman–Crippen LogP) is 0.753. The van der Waals surface area contributed by atoms with Gasteiger partial charge in [-0.2, -0.15) is 0 Å². The lowest BCUT2D eigenvalue weighted by molar-refractivity contribution is -0.131. The van der Waals surface area contributed by atoms with Gasteiger partial charge in [-0.15, -0.1) is 0 Å². The fourth-order valence-corrected chi connectivity index (χ4v) is 2.12. The van der Waals surface area contributed by atoms with Crippen molar-refractivity contribution in [2.45, 2.75) is 26.3 Å². The topological polar surface area (TPSA) is 45.2 Å². The van der Waals surface area contributed by atoms with E-state index in [1.165, 1.54) is 0 Å². The van der Waals surface area contributed by atoms with E-state index in [1.54, 1.807) is 6.20 Å². The number of nitrogens with one attached hydrogen (secondary N) is 1. The number of aryl methyl sites for hydroxylation is 1. The Labute approximate surface area is 102 Å². The van der Waals surface area contributed by atoms with Crippen LogP contribution < -0.4 is 5.32 Å². The lowest BCUT2D eigenvalue weighted by atomic mass is 10.1. The fourth-order valence-electron chi connectivity index (χ4n) is 2.12. The third-order valence-electron chi connectivity index (χ3n) is 3.16. The molecule has 2 heterocycles. The molecule has 0 radical (unpaired) electrons. The predicted molar refractivity (Wildman–Crippen MR) is 66.7 cm³/mol. The van der Waals surface area contributed by atoms with Crippen LogP contribution in [0.3, 0.4) is 0 Å². The lowest BCUT2D eigenvalue weighted by Crippen LogP contribution is -2.51. The second kappa shape index (κ2) is 5.27. The summed E-state index contributed by atoms with van der Waals surface area (Å²) in [6.07, 6.45) is 2.16. The Morgan fingerprint density at radius 3 is 3.18 bits per heavy atom. The summed E-state index contributed by atoms with van der Waals surface area (Å²) in [5.74, 6) is 0.181. The number of pyridine rings is 1. The minimum atomic E-state index is 0.181. The monoisotopic (exact) mass is 233 g/mol. The molecule has 0 spiro atoms. The average molecular weight is 233 g/mol. The van der Waals surface area contributed by atoms with Gasteiger partial charge in [0.1, 0.15) is 0 Å². The molecule has 0 aromatic carbocycles. The van der Waals surface area contributed by atoms with Crippen LogP contribution in [0.4, 0.5) is 0 Å². The van der Waals surface area contributed by atoms with E-state index in [1.807, 2.05) is 24.0 Å².